The normalized spacial score (nSPS) is 19.0. The van der Waals surface area contributed by atoms with Crippen LogP contribution in [-0.2, 0) is 20.9 Å². The van der Waals surface area contributed by atoms with Crippen molar-refractivity contribution in [2.45, 2.75) is 25.5 Å². The van der Waals surface area contributed by atoms with Gasteiger partial charge in [0.1, 0.15) is 5.75 Å². The first-order chi connectivity index (χ1) is 13.5. The number of carbonyl (C=O) groups is 2. The zero-order valence-corrected chi connectivity index (χ0v) is 15.9. The highest BCUT2D eigenvalue weighted by atomic mass is 16.5. The van der Waals surface area contributed by atoms with Gasteiger partial charge in [-0.15, -0.1) is 0 Å². The molecule has 1 fully saturated rings. The number of rotatable bonds is 7. The van der Waals surface area contributed by atoms with E-state index in [1.807, 2.05) is 42.5 Å². The van der Waals surface area contributed by atoms with Gasteiger partial charge < -0.3 is 19.5 Å². The molecule has 1 N–H and O–H groups in total. The molecule has 0 radical (unpaired) electrons. The summed E-state index contributed by atoms with van der Waals surface area (Å²) in [6, 6.07) is 17.0. The average molecular weight is 383 g/mol. The molecule has 1 aliphatic heterocycles. The Labute approximate surface area is 164 Å². The van der Waals surface area contributed by atoms with E-state index >= 15 is 0 Å². The molecule has 2 atom stereocenters. The third-order valence-electron chi connectivity index (χ3n) is 4.85. The summed E-state index contributed by atoms with van der Waals surface area (Å²) >= 11 is 0. The van der Waals surface area contributed by atoms with Gasteiger partial charge in [-0.05, 0) is 36.1 Å². The number of hydrogen-bond acceptors (Lipinski definition) is 4. The quantitative estimate of drug-likeness (QED) is 0.794. The number of nitrogens with zero attached hydrogens (tertiary/aromatic N) is 1. The Hall–Kier alpha value is -2.86. The lowest BCUT2D eigenvalue weighted by molar-refractivity contribution is -0.144. The number of carboxylic acids is 1. The van der Waals surface area contributed by atoms with Gasteiger partial charge in [-0.3, -0.25) is 4.79 Å². The molecule has 148 valence electrons. The molecular weight excluding hydrogens is 358 g/mol. The van der Waals surface area contributed by atoms with E-state index in [0.717, 1.165) is 24.0 Å². The van der Waals surface area contributed by atoms with Crippen LogP contribution in [0.3, 0.4) is 0 Å². The molecule has 1 aliphatic rings. The number of aliphatic carboxylic acids is 1. The molecule has 1 heterocycles. The van der Waals surface area contributed by atoms with Crippen molar-refractivity contribution in [2.24, 2.45) is 5.92 Å². The van der Waals surface area contributed by atoms with Gasteiger partial charge in [-0.25, -0.2) is 4.79 Å². The Balaban J connectivity index is 1.63. The van der Waals surface area contributed by atoms with Crippen LogP contribution in [0.5, 0.6) is 5.75 Å². The minimum absolute atomic E-state index is 0.0692. The van der Waals surface area contributed by atoms with E-state index in [9.17, 15) is 9.59 Å². The van der Waals surface area contributed by atoms with Gasteiger partial charge in [0.25, 0.3) is 0 Å². The Bertz CT molecular complexity index is 790. The highest BCUT2D eigenvalue weighted by Gasteiger charge is 2.34. The van der Waals surface area contributed by atoms with Crippen LogP contribution in [0.4, 0.5) is 0 Å². The maximum Gasteiger partial charge on any atom is 0.341 e. The molecule has 2 aromatic rings. The second-order valence-corrected chi connectivity index (χ2v) is 6.97. The Kier molecular flexibility index (Phi) is 6.66. The van der Waals surface area contributed by atoms with Gasteiger partial charge in [-0.1, -0.05) is 42.5 Å². The molecule has 6 heteroatoms. The molecule has 0 aromatic heterocycles. The molecule has 1 amide bonds. The Morgan fingerprint density at radius 3 is 2.54 bits per heavy atom. The lowest BCUT2D eigenvalue weighted by atomic mass is 9.88. The summed E-state index contributed by atoms with van der Waals surface area (Å²) in [7, 11) is 1.80. The van der Waals surface area contributed by atoms with Gasteiger partial charge in [0.2, 0.25) is 5.91 Å². The minimum atomic E-state index is -1.02. The first kappa shape index (κ1) is 19.9. The molecule has 0 bridgehead atoms. The largest absolute Gasteiger partial charge is 0.482 e. The van der Waals surface area contributed by atoms with E-state index in [0.29, 0.717) is 18.9 Å². The molecule has 28 heavy (non-hydrogen) atoms. The number of ether oxygens (including phenoxy) is 2. The number of hydrogen-bond donors (Lipinski definition) is 1. The average Bonchev–Trinajstić information content (AvgIpc) is 2.73. The monoisotopic (exact) mass is 383 g/mol. The minimum Gasteiger partial charge on any atom is -0.482 e. The molecule has 2 unspecified atom stereocenters. The molecule has 6 nitrogen and oxygen atoms in total. The lowest BCUT2D eigenvalue weighted by Gasteiger charge is -2.33. The fourth-order valence-electron chi connectivity index (χ4n) is 3.48. The van der Waals surface area contributed by atoms with Crippen molar-refractivity contribution in [1.29, 1.82) is 0 Å². The fraction of sp³-hybridized carbons (Fsp3) is 0.364. The zero-order valence-electron chi connectivity index (χ0n) is 15.9. The smallest absolute Gasteiger partial charge is 0.341 e. The van der Waals surface area contributed by atoms with Crippen molar-refractivity contribution in [3.8, 4) is 5.75 Å². The van der Waals surface area contributed by atoms with E-state index in [2.05, 4.69) is 0 Å². The van der Waals surface area contributed by atoms with E-state index in [1.165, 1.54) is 0 Å². The van der Waals surface area contributed by atoms with Crippen molar-refractivity contribution in [3.05, 3.63) is 65.7 Å². The van der Waals surface area contributed by atoms with Crippen molar-refractivity contribution < 1.29 is 24.2 Å². The molecule has 2 aromatic carbocycles. The van der Waals surface area contributed by atoms with Gasteiger partial charge in [0, 0.05) is 20.2 Å². The highest BCUT2D eigenvalue weighted by molar-refractivity contribution is 5.79. The summed E-state index contributed by atoms with van der Waals surface area (Å²) < 4.78 is 11.1. The van der Waals surface area contributed by atoms with Gasteiger partial charge in [-0.2, -0.15) is 0 Å². The van der Waals surface area contributed by atoms with E-state index in [-0.39, 0.29) is 24.5 Å². The van der Waals surface area contributed by atoms with Gasteiger partial charge in [0.15, 0.2) is 6.61 Å². The summed E-state index contributed by atoms with van der Waals surface area (Å²) in [6.07, 6.45) is 1.48. The van der Waals surface area contributed by atoms with E-state index in [4.69, 9.17) is 14.6 Å². The van der Waals surface area contributed by atoms with Crippen LogP contribution >= 0.6 is 0 Å². The van der Waals surface area contributed by atoms with Gasteiger partial charge in [0.05, 0.1) is 12.0 Å². The summed E-state index contributed by atoms with van der Waals surface area (Å²) in [5.41, 5.74) is 1.99. The van der Waals surface area contributed by atoms with E-state index < -0.39 is 5.97 Å². The molecule has 0 aliphatic carbocycles. The number of amides is 1. The predicted octanol–water partition coefficient (Wildman–Crippen LogP) is 3.28. The van der Waals surface area contributed by atoms with E-state index in [1.54, 1.807) is 24.1 Å². The van der Waals surface area contributed by atoms with Crippen molar-refractivity contribution in [3.63, 3.8) is 0 Å². The summed E-state index contributed by atoms with van der Waals surface area (Å²) in [4.78, 5) is 25.4. The molecule has 0 saturated carbocycles. The Morgan fingerprint density at radius 2 is 1.86 bits per heavy atom. The standard InChI is InChI=1S/C22H25NO5/c1-23(14-16-9-11-18(12-10-16)28-15-20(24)25)22(26)19-8-5-13-27-21(19)17-6-3-2-4-7-17/h2-4,6-7,9-12,19,21H,5,8,13-15H2,1H3,(H,24,25). The van der Waals surface area contributed by atoms with Crippen molar-refractivity contribution in [2.75, 3.05) is 20.3 Å². The topological polar surface area (TPSA) is 76.1 Å². The first-order valence-electron chi connectivity index (χ1n) is 9.39. The third kappa shape index (κ3) is 5.10. The fourth-order valence-corrected chi connectivity index (χ4v) is 3.48. The van der Waals surface area contributed by atoms with Crippen LogP contribution in [0.2, 0.25) is 0 Å². The van der Waals surface area contributed by atoms with Crippen LogP contribution in [0.25, 0.3) is 0 Å². The highest BCUT2D eigenvalue weighted by Crippen LogP contribution is 2.34. The molecule has 0 spiro atoms. The lowest BCUT2D eigenvalue weighted by Crippen LogP contribution is -2.38. The number of carbonyl (C=O) groups excluding carboxylic acids is 1. The maximum absolute atomic E-state index is 13.1. The van der Waals surface area contributed by atoms with Crippen molar-refractivity contribution in [1.82, 2.24) is 4.90 Å². The number of carboxylic acid groups (broad SMARTS) is 1. The second kappa shape index (κ2) is 9.37. The summed E-state index contributed by atoms with van der Waals surface area (Å²) in [6.45, 7) is 0.765. The van der Waals surface area contributed by atoms with Crippen LogP contribution in [0, 0.1) is 5.92 Å². The molecule has 3 rings (SSSR count). The molecule has 1 saturated heterocycles. The summed E-state index contributed by atoms with van der Waals surface area (Å²) in [5.74, 6) is -0.652. The maximum atomic E-state index is 13.1. The van der Waals surface area contributed by atoms with Crippen LogP contribution in [0.1, 0.15) is 30.1 Å². The van der Waals surface area contributed by atoms with Crippen LogP contribution in [0.15, 0.2) is 54.6 Å². The molecular formula is C22H25NO5. The number of benzene rings is 2. The SMILES string of the molecule is CN(Cc1ccc(OCC(=O)O)cc1)C(=O)C1CCCOC1c1ccccc1. The third-order valence-corrected chi connectivity index (χ3v) is 4.85. The van der Waals surface area contributed by atoms with Gasteiger partial charge >= 0.3 is 5.97 Å². The predicted molar refractivity (Wildman–Crippen MR) is 104 cm³/mol. The first-order valence-corrected chi connectivity index (χ1v) is 9.39. The van der Waals surface area contributed by atoms with Crippen molar-refractivity contribution >= 4 is 11.9 Å². The zero-order chi connectivity index (χ0) is 19.9. The Morgan fingerprint density at radius 1 is 1.14 bits per heavy atom. The summed E-state index contributed by atoms with van der Waals surface area (Å²) in [5, 5.41) is 8.66. The van der Waals surface area contributed by atoms with Crippen LogP contribution < -0.4 is 4.74 Å². The van der Waals surface area contributed by atoms with Crippen LogP contribution in [-0.4, -0.2) is 42.1 Å². The second-order valence-electron chi connectivity index (χ2n) is 6.97.